The van der Waals surface area contributed by atoms with Gasteiger partial charge in [-0.2, -0.15) is 5.10 Å². The van der Waals surface area contributed by atoms with Gasteiger partial charge in [0, 0.05) is 22.7 Å². The maximum atomic E-state index is 12.8. The molecule has 0 spiro atoms. The second kappa shape index (κ2) is 6.17. The molecule has 0 bridgehead atoms. The van der Waals surface area contributed by atoms with E-state index in [1.54, 1.807) is 35.1 Å². The second-order valence-corrected chi connectivity index (χ2v) is 8.87. The first-order chi connectivity index (χ1) is 10.5. The first-order valence-electron chi connectivity index (χ1n) is 7.39. The van der Waals surface area contributed by atoms with Crippen molar-refractivity contribution in [3.05, 3.63) is 41.2 Å². The number of benzene rings is 1. The summed E-state index contributed by atoms with van der Waals surface area (Å²) >= 11 is 5.92. The number of halogens is 1. The summed E-state index contributed by atoms with van der Waals surface area (Å²) in [5.41, 5.74) is 0.578. The third-order valence-electron chi connectivity index (χ3n) is 3.30. The van der Waals surface area contributed by atoms with Gasteiger partial charge in [0.15, 0.2) is 0 Å². The van der Waals surface area contributed by atoms with Crippen molar-refractivity contribution in [1.29, 1.82) is 0 Å². The summed E-state index contributed by atoms with van der Waals surface area (Å²) in [6.45, 7) is 9.75. The van der Waals surface area contributed by atoms with E-state index in [0.29, 0.717) is 16.4 Å². The molecule has 1 aromatic carbocycles. The van der Waals surface area contributed by atoms with E-state index in [2.05, 4.69) is 9.82 Å². The van der Waals surface area contributed by atoms with Crippen molar-refractivity contribution < 1.29 is 8.42 Å². The predicted octanol–water partition coefficient (Wildman–Crippen LogP) is 4.22. The lowest BCUT2D eigenvalue weighted by Crippen LogP contribution is -2.20. The van der Waals surface area contributed by atoms with Crippen molar-refractivity contribution >= 4 is 27.3 Å². The van der Waals surface area contributed by atoms with Crippen LogP contribution in [0.1, 0.15) is 46.4 Å². The summed E-state index contributed by atoms with van der Waals surface area (Å²) in [6, 6.07) is 6.70. The van der Waals surface area contributed by atoms with Crippen LogP contribution in [0.3, 0.4) is 0 Å². The van der Waals surface area contributed by atoms with Crippen LogP contribution in [0.2, 0.25) is 5.02 Å². The fraction of sp³-hybridized carbons (Fsp3) is 0.438. The van der Waals surface area contributed by atoms with Crippen LogP contribution in [-0.4, -0.2) is 18.2 Å². The summed E-state index contributed by atoms with van der Waals surface area (Å²) < 4.78 is 29.9. The zero-order valence-electron chi connectivity index (χ0n) is 14.0. The molecule has 0 amide bonds. The number of anilines is 1. The molecule has 0 atom stereocenters. The Hall–Kier alpha value is -1.53. The highest BCUT2D eigenvalue weighted by atomic mass is 35.5. The summed E-state index contributed by atoms with van der Waals surface area (Å²) in [5, 5.41) is 4.95. The highest BCUT2D eigenvalue weighted by molar-refractivity contribution is 7.92. The first kappa shape index (κ1) is 17.8. The minimum Gasteiger partial charge on any atom is -0.279 e. The average molecular weight is 356 g/mol. The Kier molecular flexibility index (Phi) is 4.78. The summed E-state index contributed by atoms with van der Waals surface area (Å²) in [4.78, 5) is 0.193. The molecule has 0 radical (unpaired) electrons. The van der Waals surface area contributed by atoms with Crippen LogP contribution >= 0.6 is 11.6 Å². The number of aromatic nitrogens is 2. The summed E-state index contributed by atoms with van der Waals surface area (Å²) in [5.74, 6) is 0. The molecule has 126 valence electrons. The largest absolute Gasteiger partial charge is 0.279 e. The van der Waals surface area contributed by atoms with Crippen molar-refractivity contribution in [2.24, 2.45) is 0 Å². The lowest BCUT2D eigenvalue weighted by atomic mass is 9.92. The highest BCUT2D eigenvalue weighted by Gasteiger charge is 2.30. The van der Waals surface area contributed by atoms with E-state index in [1.165, 1.54) is 0 Å². The molecule has 2 aromatic rings. The predicted molar refractivity (Wildman–Crippen MR) is 93.6 cm³/mol. The lowest BCUT2D eigenvalue weighted by molar-refractivity contribution is 0.493. The maximum absolute atomic E-state index is 12.8. The fourth-order valence-electron chi connectivity index (χ4n) is 2.12. The minimum atomic E-state index is -3.75. The van der Waals surface area contributed by atoms with Gasteiger partial charge in [0.2, 0.25) is 0 Å². The van der Waals surface area contributed by atoms with Crippen LogP contribution < -0.4 is 4.72 Å². The van der Waals surface area contributed by atoms with E-state index in [9.17, 15) is 8.42 Å². The van der Waals surface area contributed by atoms with Gasteiger partial charge in [0.1, 0.15) is 4.90 Å². The molecule has 0 fully saturated rings. The molecule has 1 heterocycles. The highest BCUT2D eigenvalue weighted by Crippen LogP contribution is 2.30. The standard InChI is InChI=1S/C16H22ClN3O2S/c1-11(2)20-10-14(15(18-20)16(3,4)5)23(21,22)19-13-8-6-7-12(17)9-13/h6-11,19H,1-5H3. The van der Waals surface area contributed by atoms with E-state index in [0.717, 1.165) is 0 Å². The fourth-order valence-corrected chi connectivity index (χ4v) is 3.70. The molecule has 5 nitrogen and oxygen atoms in total. The van der Waals surface area contributed by atoms with Crippen LogP contribution in [0.4, 0.5) is 5.69 Å². The van der Waals surface area contributed by atoms with Crippen LogP contribution in [0, 0.1) is 0 Å². The number of hydrogen-bond donors (Lipinski definition) is 1. The van der Waals surface area contributed by atoms with Crippen LogP contribution in [-0.2, 0) is 15.4 Å². The van der Waals surface area contributed by atoms with Gasteiger partial charge < -0.3 is 0 Å². The quantitative estimate of drug-likeness (QED) is 0.893. The number of rotatable bonds is 4. The maximum Gasteiger partial charge on any atom is 0.265 e. The van der Waals surface area contributed by atoms with Gasteiger partial charge >= 0.3 is 0 Å². The normalized spacial score (nSPS) is 12.7. The molecular formula is C16H22ClN3O2S. The Bertz CT molecular complexity index is 805. The van der Waals surface area contributed by atoms with Crippen molar-refractivity contribution in [3.8, 4) is 0 Å². The Morgan fingerprint density at radius 3 is 2.43 bits per heavy atom. The SMILES string of the molecule is CC(C)n1cc(S(=O)(=O)Nc2cccc(Cl)c2)c(C(C)(C)C)n1. The number of nitrogens with zero attached hydrogens (tertiary/aromatic N) is 2. The summed E-state index contributed by atoms with van der Waals surface area (Å²) in [6.07, 6.45) is 1.58. The molecular weight excluding hydrogens is 334 g/mol. The molecule has 0 aliphatic carbocycles. The molecule has 1 N–H and O–H groups in total. The lowest BCUT2D eigenvalue weighted by Gasteiger charge is -2.18. The Balaban J connectivity index is 2.50. The van der Waals surface area contributed by atoms with E-state index < -0.39 is 15.4 Å². The zero-order chi connectivity index (χ0) is 17.4. The number of nitrogens with one attached hydrogen (secondary N) is 1. The van der Waals surface area contributed by atoms with E-state index in [-0.39, 0.29) is 10.9 Å². The van der Waals surface area contributed by atoms with Gasteiger partial charge in [0.25, 0.3) is 10.0 Å². The van der Waals surface area contributed by atoms with Crippen LogP contribution in [0.15, 0.2) is 35.4 Å². The minimum absolute atomic E-state index is 0.0752. The van der Waals surface area contributed by atoms with Crippen LogP contribution in [0.5, 0.6) is 0 Å². The average Bonchev–Trinajstić information content (AvgIpc) is 2.83. The van der Waals surface area contributed by atoms with Gasteiger partial charge in [0.05, 0.1) is 11.4 Å². The van der Waals surface area contributed by atoms with E-state index >= 15 is 0 Å². The molecule has 1 aromatic heterocycles. The molecule has 0 saturated heterocycles. The van der Waals surface area contributed by atoms with Crippen molar-refractivity contribution in [3.63, 3.8) is 0 Å². The molecule has 0 aliphatic rings. The monoisotopic (exact) mass is 355 g/mol. The third kappa shape index (κ3) is 4.06. The van der Waals surface area contributed by atoms with Crippen LogP contribution in [0.25, 0.3) is 0 Å². The Morgan fingerprint density at radius 2 is 1.91 bits per heavy atom. The molecule has 0 aliphatic heterocycles. The first-order valence-corrected chi connectivity index (χ1v) is 9.25. The topological polar surface area (TPSA) is 64.0 Å². The van der Waals surface area contributed by atoms with Gasteiger partial charge in [-0.15, -0.1) is 0 Å². The van der Waals surface area contributed by atoms with Crippen molar-refractivity contribution in [2.45, 2.75) is 51.0 Å². The zero-order valence-corrected chi connectivity index (χ0v) is 15.5. The van der Waals surface area contributed by atoms with E-state index in [1.807, 2.05) is 34.6 Å². The second-order valence-electron chi connectivity index (χ2n) is 6.78. The van der Waals surface area contributed by atoms with Gasteiger partial charge in [-0.05, 0) is 32.0 Å². The van der Waals surface area contributed by atoms with Crippen molar-refractivity contribution in [2.75, 3.05) is 4.72 Å². The molecule has 7 heteroatoms. The van der Waals surface area contributed by atoms with Crippen molar-refractivity contribution in [1.82, 2.24) is 9.78 Å². The summed E-state index contributed by atoms with van der Waals surface area (Å²) in [7, 11) is -3.75. The smallest absolute Gasteiger partial charge is 0.265 e. The molecule has 23 heavy (non-hydrogen) atoms. The van der Waals surface area contributed by atoms with Gasteiger partial charge in [-0.25, -0.2) is 8.42 Å². The molecule has 2 rings (SSSR count). The third-order valence-corrected chi connectivity index (χ3v) is 4.92. The Labute approximate surface area is 142 Å². The molecule has 0 unspecified atom stereocenters. The number of hydrogen-bond acceptors (Lipinski definition) is 3. The van der Waals surface area contributed by atoms with Gasteiger partial charge in [-0.3, -0.25) is 9.40 Å². The number of sulfonamides is 1. The van der Waals surface area contributed by atoms with E-state index in [4.69, 9.17) is 11.6 Å². The van der Waals surface area contributed by atoms with Gasteiger partial charge in [-0.1, -0.05) is 38.4 Å². The Morgan fingerprint density at radius 1 is 1.26 bits per heavy atom. The molecule has 0 saturated carbocycles.